The van der Waals surface area contributed by atoms with Gasteiger partial charge in [0.15, 0.2) is 5.82 Å². The molecule has 1 aromatic rings. The zero-order valence-electron chi connectivity index (χ0n) is 13.4. The monoisotopic (exact) mass is 293 g/mol. The Bertz CT molecular complexity index is 455. The van der Waals surface area contributed by atoms with Gasteiger partial charge in [0, 0.05) is 38.8 Å². The van der Waals surface area contributed by atoms with Gasteiger partial charge in [0.25, 0.3) is 0 Å². The van der Waals surface area contributed by atoms with Gasteiger partial charge < -0.3 is 9.84 Å². The van der Waals surface area contributed by atoms with Crippen LogP contribution in [0.2, 0.25) is 0 Å². The molecule has 118 valence electrons. The number of hydrogen-bond acceptors (Lipinski definition) is 6. The van der Waals surface area contributed by atoms with Crippen LogP contribution in [0.4, 0.5) is 0 Å². The van der Waals surface area contributed by atoms with Gasteiger partial charge in [0.1, 0.15) is 0 Å². The lowest BCUT2D eigenvalue weighted by Gasteiger charge is -2.46. The molecule has 3 fully saturated rings. The highest BCUT2D eigenvalue weighted by Gasteiger charge is 2.36. The summed E-state index contributed by atoms with van der Waals surface area (Å²) in [5.41, 5.74) is 0. The molecule has 3 unspecified atom stereocenters. The quantitative estimate of drug-likeness (QED) is 0.851. The summed E-state index contributed by atoms with van der Waals surface area (Å²) < 4.78 is 5.54. The minimum atomic E-state index is 0.244. The van der Waals surface area contributed by atoms with Crippen molar-refractivity contribution in [1.82, 2.24) is 25.3 Å². The summed E-state index contributed by atoms with van der Waals surface area (Å²) in [6.45, 7) is 13.2. The van der Waals surface area contributed by atoms with Gasteiger partial charge >= 0.3 is 0 Å². The molecule has 6 nitrogen and oxygen atoms in total. The molecular formula is C15H27N5O. The molecule has 4 rings (SSSR count). The maximum Gasteiger partial charge on any atom is 0.231 e. The Hall–Kier alpha value is -0.980. The number of aromatic nitrogens is 2. The number of rotatable bonds is 6. The molecule has 0 aliphatic carbocycles. The lowest BCUT2D eigenvalue weighted by atomic mass is 10.0. The van der Waals surface area contributed by atoms with Gasteiger partial charge in [-0.15, -0.1) is 0 Å². The second kappa shape index (κ2) is 6.42. The second-order valence-electron chi connectivity index (χ2n) is 6.37. The molecule has 4 heterocycles. The van der Waals surface area contributed by atoms with E-state index in [1.54, 1.807) is 0 Å². The van der Waals surface area contributed by atoms with Gasteiger partial charge in [-0.05, 0) is 19.9 Å². The topological polar surface area (TPSA) is 57.4 Å². The lowest BCUT2D eigenvalue weighted by molar-refractivity contribution is 0.00781. The Kier molecular flexibility index (Phi) is 4.57. The van der Waals surface area contributed by atoms with Crippen LogP contribution in [0.1, 0.15) is 50.9 Å². The summed E-state index contributed by atoms with van der Waals surface area (Å²) in [7, 11) is 0. The van der Waals surface area contributed by atoms with Crippen LogP contribution in [0, 0.1) is 0 Å². The highest BCUT2D eigenvalue weighted by molar-refractivity contribution is 5.04. The number of piperazine rings is 3. The molecule has 1 N–H and O–H groups in total. The van der Waals surface area contributed by atoms with E-state index in [1.807, 2.05) is 0 Å². The molecule has 0 spiro atoms. The Labute approximate surface area is 126 Å². The highest BCUT2D eigenvalue weighted by Crippen LogP contribution is 2.28. The Morgan fingerprint density at radius 2 is 2.05 bits per heavy atom. The summed E-state index contributed by atoms with van der Waals surface area (Å²) in [5.74, 6) is 1.87. The maximum atomic E-state index is 5.54. The number of hydrogen-bond donors (Lipinski definition) is 1. The smallest absolute Gasteiger partial charge is 0.231 e. The van der Waals surface area contributed by atoms with Crippen LogP contribution in [0.15, 0.2) is 4.52 Å². The zero-order chi connectivity index (χ0) is 14.8. The second-order valence-corrected chi connectivity index (χ2v) is 6.37. The maximum absolute atomic E-state index is 5.54. The van der Waals surface area contributed by atoms with Crippen molar-refractivity contribution in [2.24, 2.45) is 0 Å². The first kappa shape index (κ1) is 14.9. The van der Waals surface area contributed by atoms with E-state index in [2.05, 4.69) is 41.0 Å². The van der Waals surface area contributed by atoms with Gasteiger partial charge in [-0.25, -0.2) is 0 Å². The third kappa shape index (κ3) is 3.12. The minimum Gasteiger partial charge on any atom is -0.339 e. The first-order valence-corrected chi connectivity index (χ1v) is 8.22. The Morgan fingerprint density at radius 3 is 2.67 bits per heavy atom. The molecule has 1 aromatic heterocycles. The summed E-state index contributed by atoms with van der Waals surface area (Å²) in [4.78, 5) is 9.68. The normalized spacial score (nSPS) is 31.3. The molecule has 3 atom stereocenters. The van der Waals surface area contributed by atoms with Crippen molar-refractivity contribution in [2.45, 2.75) is 45.2 Å². The van der Waals surface area contributed by atoms with Crippen molar-refractivity contribution in [2.75, 3.05) is 39.3 Å². The fourth-order valence-electron chi connectivity index (χ4n) is 3.19. The van der Waals surface area contributed by atoms with E-state index in [1.165, 1.54) is 13.1 Å². The molecule has 0 saturated carbocycles. The number of nitrogens with one attached hydrogen (secondary N) is 1. The largest absolute Gasteiger partial charge is 0.339 e. The van der Waals surface area contributed by atoms with Crippen molar-refractivity contribution in [1.29, 1.82) is 0 Å². The van der Waals surface area contributed by atoms with E-state index in [0.717, 1.165) is 44.3 Å². The fraction of sp³-hybridized carbons (Fsp3) is 0.867. The molecular weight excluding hydrogens is 266 g/mol. The van der Waals surface area contributed by atoms with Gasteiger partial charge in [0.05, 0.1) is 12.0 Å². The van der Waals surface area contributed by atoms with E-state index < -0.39 is 0 Å². The van der Waals surface area contributed by atoms with Gasteiger partial charge in [0.2, 0.25) is 5.89 Å². The molecule has 2 bridgehead atoms. The van der Waals surface area contributed by atoms with Crippen LogP contribution < -0.4 is 5.32 Å². The number of fused-ring (bicyclic) bond motifs is 3. The number of nitrogens with zero attached hydrogens (tertiary/aromatic N) is 4. The van der Waals surface area contributed by atoms with Crippen LogP contribution in [-0.2, 0) is 0 Å². The van der Waals surface area contributed by atoms with Crippen LogP contribution in [0.25, 0.3) is 0 Å². The molecule has 0 radical (unpaired) electrons. The average Bonchev–Trinajstić information content (AvgIpc) is 3.02. The fourth-order valence-corrected chi connectivity index (χ4v) is 3.19. The van der Waals surface area contributed by atoms with E-state index in [0.29, 0.717) is 12.1 Å². The zero-order valence-corrected chi connectivity index (χ0v) is 13.4. The van der Waals surface area contributed by atoms with Crippen LogP contribution in [0.3, 0.4) is 0 Å². The van der Waals surface area contributed by atoms with Crippen molar-refractivity contribution in [3.8, 4) is 0 Å². The SMILES string of the molecule is CCCNC(C)C(C)c1nc(C2CN3CCN2CC3)no1. The Morgan fingerprint density at radius 1 is 1.29 bits per heavy atom. The molecule has 3 saturated heterocycles. The minimum absolute atomic E-state index is 0.244. The van der Waals surface area contributed by atoms with E-state index >= 15 is 0 Å². The molecule has 0 aromatic carbocycles. The summed E-state index contributed by atoms with van der Waals surface area (Å²) in [6, 6.07) is 0.668. The summed E-state index contributed by atoms with van der Waals surface area (Å²) >= 11 is 0. The predicted octanol–water partition coefficient (Wildman–Crippen LogP) is 1.23. The molecule has 3 aliphatic heterocycles. The van der Waals surface area contributed by atoms with Crippen molar-refractivity contribution in [3.05, 3.63) is 11.7 Å². The first-order valence-electron chi connectivity index (χ1n) is 8.22. The van der Waals surface area contributed by atoms with Gasteiger partial charge in [-0.1, -0.05) is 19.0 Å². The highest BCUT2D eigenvalue weighted by atomic mass is 16.5. The predicted molar refractivity (Wildman–Crippen MR) is 81.2 cm³/mol. The van der Waals surface area contributed by atoms with Crippen molar-refractivity contribution < 1.29 is 4.52 Å². The average molecular weight is 293 g/mol. The lowest BCUT2D eigenvalue weighted by Crippen LogP contribution is -2.57. The van der Waals surface area contributed by atoms with E-state index in [4.69, 9.17) is 9.51 Å². The van der Waals surface area contributed by atoms with Crippen LogP contribution in [-0.4, -0.2) is 65.3 Å². The third-order valence-electron chi connectivity index (χ3n) is 4.89. The van der Waals surface area contributed by atoms with Crippen LogP contribution >= 0.6 is 0 Å². The van der Waals surface area contributed by atoms with Gasteiger partial charge in [-0.3, -0.25) is 9.80 Å². The standard InChI is InChI=1S/C15H27N5O/c1-4-5-16-12(3)11(2)15-17-14(18-21-15)13-10-19-6-8-20(13)9-7-19/h11-13,16H,4-10H2,1-3H3. The third-order valence-corrected chi connectivity index (χ3v) is 4.89. The van der Waals surface area contributed by atoms with E-state index in [9.17, 15) is 0 Å². The first-order chi connectivity index (χ1) is 10.2. The van der Waals surface area contributed by atoms with Gasteiger partial charge in [-0.2, -0.15) is 4.98 Å². The summed E-state index contributed by atoms with van der Waals surface area (Å²) in [6.07, 6.45) is 1.14. The molecule has 21 heavy (non-hydrogen) atoms. The molecule has 6 heteroatoms. The van der Waals surface area contributed by atoms with Crippen molar-refractivity contribution >= 4 is 0 Å². The Balaban J connectivity index is 1.66. The molecule has 0 amide bonds. The molecule has 3 aliphatic rings. The van der Waals surface area contributed by atoms with Crippen molar-refractivity contribution in [3.63, 3.8) is 0 Å². The summed E-state index contributed by atoms with van der Waals surface area (Å²) in [5, 5.41) is 7.76. The van der Waals surface area contributed by atoms with E-state index in [-0.39, 0.29) is 5.92 Å². The van der Waals surface area contributed by atoms with Crippen LogP contribution in [0.5, 0.6) is 0 Å².